The van der Waals surface area contributed by atoms with E-state index in [-0.39, 0.29) is 23.2 Å². The van der Waals surface area contributed by atoms with Gasteiger partial charge in [-0.05, 0) is 54.3 Å². The van der Waals surface area contributed by atoms with E-state index in [4.69, 9.17) is 18.3 Å². The molecule has 0 amide bonds. The molecule has 0 aliphatic carbocycles. The number of hydrogen-bond acceptors (Lipinski definition) is 4. The van der Waals surface area contributed by atoms with Gasteiger partial charge in [0.1, 0.15) is 6.10 Å². The Morgan fingerprint density at radius 1 is 0.971 bits per heavy atom. The predicted molar refractivity (Wildman–Crippen MR) is 148 cm³/mol. The quantitative estimate of drug-likeness (QED) is 0.255. The molecule has 1 aliphatic rings. The number of rotatable bonds is 13. The minimum absolute atomic E-state index is 0.0763. The Morgan fingerprint density at radius 3 is 2.15 bits per heavy atom. The second kappa shape index (κ2) is 12.9. The van der Waals surface area contributed by atoms with Gasteiger partial charge in [0.2, 0.25) is 8.32 Å². The van der Waals surface area contributed by atoms with E-state index in [0.29, 0.717) is 13.2 Å². The Hall–Kier alpha value is -0.926. The van der Waals surface area contributed by atoms with Crippen molar-refractivity contribution < 1.29 is 18.3 Å². The average Bonchev–Trinajstić information content (AvgIpc) is 2.80. The first-order valence-electron chi connectivity index (χ1n) is 13.3. The molecule has 0 aromatic heterocycles. The van der Waals surface area contributed by atoms with Gasteiger partial charge in [0.05, 0.1) is 25.1 Å². The highest BCUT2D eigenvalue weighted by Crippen LogP contribution is 2.38. The number of ether oxygens (including phenoxy) is 2. The van der Waals surface area contributed by atoms with Gasteiger partial charge in [0.15, 0.2) is 8.32 Å². The molecule has 3 atom stereocenters. The molecule has 0 N–H and O–H groups in total. The minimum Gasteiger partial charge on any atom is -0.546 e. The molecule has 1 aromatic carbocycles. The third-order valence-electron chi connectivity index (χ3n) is 8.04. The molecule has 0 bridgehead atoms. The average molecular weight is 507 g/mol. The SMILES string of the molecule is CC[Si](CC)(CC)OC1=C[C@@H](COCc2ccccc2)O[C@@H](CCO[Si](C)(C)C(C)(C)C)[C@H]1C. The van der Waals surface area contributed by atoms with Crippen molar-refractivity contribution in [3.63, 3.8) is 0 Å². The Bertz CT molecular complexity index is 745. The molecule has 0 radical (unpaired) electrons. The van der Waals surface area contributed by atoms with Gasteiger partial charge < -0.3 is 18.3 Å². The normalized spacial score (nSPS) is 21.9. The van der Waals surface area contributed by atoms with Crippen LogP contribution in [0.3, 0.4) is 0 Å². The lowest BCUT2D eigenvalue weighted by Crippen LogP contribution is -2.44. The second-order valence-corrected chi connectivity index (χ2v) is 20.8. The van der Waals surface area contributed by atoms with E-state index in [1.54, 1.807) is 0 Å². The molecule has 0 saturated heterocycles. The Morgan fingerprint density at radius 2 is 1.59 bits per heavy atom. The standard InChI is InChI=1S/C28H50O4Si2/c1-10-34(11-2,12-3)32-27-20-25(22-29-21-24-16-14-13-15-17-24)31-26(23(27)4)18-19-30-33(8,9)28(5,6)7/h13-17,20,23,25-26H,10-12,18-19,21-22H2,1-9H3/t23-,25+,26+/m1/s1. The van der Waals surface area contributed by atoms with Gasteiger partial charge in [-0.3, -0.25) is 0 Å². The fourth-order valence-corrected chi connectivity index (χ4v) is 7.91. The zero-order chi connectivity index (χ0) is 25.4. The summed E-state index contributed by atoms with van der Waals surface area (Å²) in [6.45, 7) is 22.5. The lowest BCUT2D eigenvalue weighted by Gasteiger charge is -2.40. The van der Waals surface area contributed by atoms with Gasteiger partial charge in [0, 0.05) is 12.5 Å². The van der Waals surface area contributed by atoms with Crippen LogP contribution in [0.2, 0.25) is 36.3 Å². The topological polar surface area (TPSA) is 36.9 Å². The van der Waals surface area contributed by atoms with Crippen LogP contribution in [-0.2, 0) is 24.9 Å². The minimum atomic E-state index is -1.78. The summed E-state index contributed by atoms with van der Waals surface area (Å²) in [6, 6.07) is 13.7. The molecule has 1 heterocycles. The third-order valence-corrected chi connectivity index (χ3v) is 17.1. The Labute approximate surface area is 211 Å². The van der Waals surface area contributed by atoms with E-state index >= 15 is 0 Å². The summed E-state index contributed by atoms with van der Waals surface area (Å²) in [7, 11) is -3.54. The van der Waals surface area contributed by atoms with Crippen molar-refractivity contribution in [1.29, 1.82) is 0 Å². The maximum Gasteiger partial charge on any atom is 0.250 e. The number of benzene rings is 1. The third kappa shape index (κ3) is 8.05. The molecule has 1 aliphatic heterocycles. The lowest BCUT2D eigenvalue weighted by atomic mass is 9.96. The van der Waals surface area contributed by atoms with Crippen molar-refractivity contribution in [3.8, 4) is 0 Å². The highest BCUT2D eigenvalue weighted by atomic mass is 28.4. The summed E-state index contributed by atoms with van der Waals surface area (Å²) in [5, 5.41) is 0.211. The van der Waals surface area contributed by atoms with Crippen LogP contribution in [0.1, 0.15) is 60.5 Å². The fourth-order valence-electron chi connectivity index (χ4n) is 4.16. The van der Waals surface area contributed by atoms with E-state index in [2.05, 4.69) is 79.8 Å². The van der Waals surface area contributed by atoms with Crippen molar-refractivity contribution in [3.05, 3.63) is 47.7 Å². The molecular formula is C28H50O4Si2. The van der Waals surface area contributed by atoms with Crippen molar-refractivity contribution >= 4 is 16.6 Å². The van der Waals surface area contributed by atoms with Crippen LogP contribution in [0.5, 0.6) is 0 Å². The molecule has 34 heavy (non-hydrogen) atoms. The highest BCUT2D eigenvalue weighted by molar-refractivity contribution is 6.74. The summed E-state index contributed by atoms with van der Waals surface area (Å²) >= 11 is 0. The van der Waals surface area contributed by atoms with Crippen LogP contribution < -0.4 is 0 Å². The second-order valence-electron chi connectivity index (χ2n) is 11.3. The van der Waals surface area contributed by atoms with Crippen molar-refractivity contribution in [2.75, 3.05) is 13.2 Å². The van der Waals surface area contributed by atoms with Gasteiger partial charge >= 0.3 is 0 Å². The first-order valence-corrected chi connectivity index (χ1v) is 18.7. The van der Waals surface area contributed by atoms with Crippen LogP contribution in [0.4, 0.5) is 0 Å². The maximum atomic E-state index is 6.90. The largest absolute Gasteiger partial charge is 0.546 e. The van der Waals surface area contributed by atoms with Crippen molar-refractivity contribution in [2.45, 2.75) is 110 Å². The van der Waals surface area contributed by atoms with Gasteiger partial charge in [-0.15, -0.1) is 0 Å². The summed E-state index contributed by atoms with van der Waals surface area (Å²) in [5.74, 6) is 1.35. The zero-order valence-electron chi connectivity index (χ0n) is 23.3. The molecule has 4 nitrogen and oxygen atoms in total. The summed E-state index contributed by atoms with van der Waals surface area (Å²) in [5.41, 5.74) is 1.18. The maximum absolute atomic E-state index is 6.90. The molecule has 2 rings (SSSR count). The first kappa shape index (κ1) is 29.3. The van der Waals surface area contributed by atoms with Crippen LogP contribution in [0, 0.1) is 5.92 Å². The zero-order valence-corrected chi connectivity index (χ0v) is 25.3. The van der Waals surface area contributed by atoms with Gasteiger partial charge in [-0.2, -0.15) is 0 Å². The predicted octanol–water partition coefficient (Wildman–Crippen LogP) is 7.92. The molecule has 0 spiro atoms. The van der Waals surface area contributed by atoms with Crippen LogP contribution in [0.15, 0.2) is 42.2 Å². The van der Waals surface area contributed by atoms with Gasteiger partial charge in [-0.1, -0.05) is 78.8 Å². The Kier molecular flexibility index (Phi) is 11.1. The molecule has 0 saturated carbocycles. The summed E-state index contributed by atoms with van der Waals surface area (Å²) < 4.78 is 26.0. The van der Waals surface area contributed by atoms with E-state index in [9.17, 15) is 0 Å². The van der Waals surface area contributed by atoms with Crippen LogP contribution in [0.25, 0.3) is 0 Å². The number of hydrogen-bond donors (Lipinski definition) is 0. The van der Waals surface area contributed by atoms with E-state index < -0.39 is 16.6 Å². The lowest BCUT2D eigenvalue weighted by molar-refractivity contribution is -0.0764. The molecule has 1 aromatic rings. The highest BCUT2D eigenvalue weighted by Gasteiger charge is 2.39. The van der Waals surface area contributed by atoms with Crippen LogP contribution in [-0.4, -0.2) is 42.1 Å². The van der Waals surface area contributed by atoms with Crippen molar-refractivity contribution in [2.24, 2.45) is 5.92 Å². The fraction of sp³-hybridized carbons (Fsp3) is 0.714. The van der Waals surface area contributed by atoms with Crippen LogP contribution >= 0.6 is 0 Å². The first-order chi connectivity index (χ1) is 16.0. The molecule has 194 valence electrons. The summed E-state index contributed by atoms with van der Waals surface area (Å²) in [6.07, 6.45) is 3.06. The Balaban J connectivity index is 2.10. The van der Waals surface area contributed by atoms with E-state index in [1.165, 1.54) is 5.56 Å². The molecular weight excluding hydrogens is 456 g/mol. The monoisotopic (exact) mass is 506 g/mol. The molecule has 0 fully saturated rings. The van der Waals surface area contributed by atoms with E-state index in [0.717, 1.165) is 36.9 Å². The smallest absolute Gasteiger partial charge is 0.250 e. The van der Waals surface area contributed by atoms with Gasteiger partial charge in [-0.25, -0.2) is 0 Å². The van der Waals surface area contributed by atoms with Crippen molar-refractivity contribution in [1.82, 2.24) is 0 Å². The van der Waals surface area contributed by atoms with E-state index in [1.807, 2.05) is 18.2 Å². The molecule has 6 heteroatoms. The van der Waals surface area contributed by atoms with Gasteiger partial charge in [0.25, 0.3) is 0 Å². The summed E-state index contributed by atoms with van der Waals surface area (Å²) in [4.78, 5) is 0. The molecule has 0 unspecified atom stereocenters.